The highest BCUT2D eigenvalue weighted by atomic mass is 16.3. The summed E-state index contributed by atoms with van der Waals surface area (Å²) in [5.74, 6) is 0. The number of likely N-dealkylation sites (tertiary alicyclic amines) is 1. The fraction of sp³-hybridized carbons (Fsp3) is 1.00. The van der Waals surface area contributed by atoms with Crippen LogP contribution in [0.5, 0.6) is 0 Å². The number of rotatable bonds is 9. The molecule has 114 valence electrons. The molecule has 0 aromatic carbocycles. The van der Waals surface area contributed by atoms with Crippen molar-refractivity contribution in [2.45, 2.75) is 52.2 Å². The van der Waals surface area contributed by atoms with Crippen molar-refractivity contribution in [2.24, 2.45) is 0 Å². The summed E-state index contributed by atoms with van der Waals surface area (Å²) in [5.41, 5.74) is 0. The summed E-state index contributed by atoms with van der Waals surface area (Å²) in [5, 5.41) is 13.4. The molecule has 4 nitrogen and oxygen atoms in total. The van der Waals surface area contributed by atoms with Gasteiger partial charge in [0.2, 0.25) is 0 Å². The first kappa shape index (κ1) is 16.9. The Hall–Kier alpha value is -0.160. The first-order chi connectivity index (χ1) is 9.17. The molecule has 2 atom stereocenters. The van der Waals surface area contributed by atoms with Crippen LogP contribution >= 0.6 is 0 Å². The molecule has 0 amide bonds. The number of piperidine rings is 1. The Morgan fingerprint density at radius 3 is 2.32 bits per heavy atom. The van der Waals surface area contributed by atoms with Crippen LogP contribution in [0, 0.1) is 0 Å². The Bertz CT molecular complexity index is 215. The molecule has 0 spiro atoms. The summed E-state index contributed by atoms with van der Waals surface area (Å²) < 4.78 is 0. The molecule has 2 N–H and O–H groups in total. The lowest BCUT2D eigenvalue weighted by atomic mass is 10.1. The quantitative estimate of drug-likeness (QED) is 0.660. The fourth-order valence-corrected chi connectivity index (χ4v) is 2.79. The van der Waals surface area contributed by atoms with Crippen molar-refractivity contribution in [3.8, 4) is 0 Å². The van der Waals surface area contributed by atoms with E-state index in [2.05, 4.69) is 35.9 Å². The number of nitrogens with zero attached hydrogens (tertiary/aromatic N) is 2. The van der Waals surface area contributed by atoms with E-state index >= 15 is 0 Å². The predicted molar refractivity (Wildman–Crippen MR) is 81.6 cm³/mol. The molecule has 0 radical (unpaired) electrons. The Morgan fingerprint density at radius 1 is 1.11 bits per heavy atom. The molecule has 19 heavy (non-hydrogen) atoms. The van der Waals surface area contributed by atoms with E-state index in [1.54, 1.807) is 0 Å². The average molecular weight is 271 g/mol. The zero-order chi connectivity index (χ0) is 14.1. The van der Waals surface area contributed by atoms with Gasteiger partial charge in [-0.25, -0.2) is 0 Å². The molecule has 4 heteroatoms. The zero-order valence-electron chi connectivity index (χ0n) is 13.1. The van der Waals surface area contributed by atoms with Gasteiger partial charge in [0, 0.05) is 25.7 Å². The van der Waals surface area contributed by atoms with Gasteiger partial charge in [0.05, 0.1) is 6.10 Å². The normalized spacial score (nSPS) is 20.7. The SMILES string of the molecule is CCN(CC)CC(O)CNCC(C)N1CCCCC1. The van der Waals surface area contributed by atoms with E-state index < -0.39 is 0 Å². The Labute approximate surface area is 119 Å². The minimum absolute atomic E-state index is 0.256. The van der Waals surface area contributed by atoms with Gasteiger partial charge in [0.15, 0.2) is 0 Å². The highest BCUT2D eigenvalue weighted by molar-refractivity contribution is 4.74. The molecule has 2 unspecified atom stereocenters. The van der Waals surface area contributed by atoms with Crippen LogP contribution in [-0.4, -0.2) is 72.9 Å². The molecule has 0 saturated carbocycles. The first-order valence-electron chi connectivity index (χ1n) is 8.02. The standard InChI is InChI=1S/C15H33N3O/c1-4-17(5-2)13-15(19)12-16-11-14(3)18-9-7-6-8-10-18/h14-16,19H,4-13H2,1-3H3. The van der Waals surface area contributed by atoms with Gasteiger partial charge in [-0.3, -0.25) is 4.90 Å². The van der Waals surface area contributed by atoms with Crippen molar-refractivity contribution < 1.29 is 5.11 Å². The smallest absolute Gasteiger partial charge is 0.0791 e. The summed E-state index contributed by atoms with van der Waals surface area (Å²) in [6.45, 7) is 13.5. The van der Waals surface area contributed by atoms with Gasteiger partial charge < -0.3 is 15.3 Å². The van der Waals surface area contributed by atoms with E-state index in [1.165, 1.54) is 32.4 Å². The van der Waals surface area contributed by atoms with E-state index in [9.17, 15) is 5.11 Å². The molecule has 0 aromatic heterocycles. The number of hydrogen-bond acceptors (Lipinski definition) is 4. The molecule has 1 heterocycles. The zero-order valence-corrected chi connectivity index (χ0v) is 13.1. The number of likely N-dealkylation sites (N-methyl/N-ethyl adjacent to an activating group) is 1. The van der Waals surface area contributed by atoms with Crippen molar-refractivity contribution in [2.75, 3.05) is 45.8 Å². The molecule has 1 aliphatic heterocycles. The summed E-state index contributed by atoms with van der Waals surface area (Å²) in [6.07, 6.45) is 3.82. The van der Waals surface area contributed by atoms with Gasteiger partial charge in [-0.1, -0.05) is 20.3 Å². The third-order valence-electron chi connectivity index (χ3n) is 4.20. The molecule has 0 bridgehead atoms. The van der Waals surface area contributed by atoms with Crippen LogP contribution in [-0.2, 0) is 0 Å². The van der Waals surface area contributed by atoms with E-state index in [-0.39, 0.29) is 6.10 Å². The molecular formula is C15H33N3O. The second kappa shape index (κ2) is 9.70. The van der Waals surface area contributed by atoms with Gasteiger partial charge in [0.1, 0.15) is 0 Å². The second-order valence-corrected chi connectivity index (χ2v) is 5.74. The number of aliphatic hydroxyl groups is 1. The third kappa shape index (κ3) is 6.70. The number of nitrogens with one attached hydrogen (secondary N) is 1. The molecule has 0 aromatic rings. The summed E-state index contributed by atoms with van der Waals surface area (Å²) in [4.78, 5) is 4.83. The van der Waals surface area contributed by atoms with E-state index in [0.29, 0.717) is 12.6 Å². The molecule has 1 rings (SSSR count). The summed E-state index contributed by atoms with van der Waals surface area (Å²) in [6, 6.07) is 0.584. The van der Waals surface area contributed by atoms with Crippen LogP contribution in [0.4, 0.5) is 0 Å². The minimum Gasteiger partial charge on any atom is -0.390 e. The molecule has 1 fully saturated rings. The van der Waals surface area contributed by atoms with Crippen molar-refractivity contribution in [1.82, 2.24) is 15.1 Å². The lowest BCUT2D eigenvalue weighted by Gasteiger charge is -2.32. The lowest BCUT2D eigenvalue weighted by molar-refractivity contribution is 0.111. The minimum atomic E-state index is -0.256. The lowest BCUT2D eigenvalue weighted by Crippen LogP contribution is -2.45. The second-order valence-electron chi connectivity index (χ2n) is 5.74. The van der Waals surface area contributed by atoms with Crippen LogP contribution in [0.1, 0.15) is 40.0 Å². The van der Waals surface area contributed by atoms with Gasteiger partial charge in [-0.15, -0.1) is 0 Å². The van der Waals surface area contributed by atoms with Crippen LogP contribution in [0.15, 0.2) is 0 Å². The van der Waals surface area contributed by atoms with Gasteiger partial charge >= 0.3 is 0 Å². The topological polar surface area (TPSA) is 38.7 Å². The van der Waals surface area contributed by atoms with Crippen molar-refractivity contribution >= 4 is 0 Å². The first-order valence-corrected chi connectivity index (χ1v) is 8.02. The number of aliphatic hydroxyl groups excluding tert-OH is 1. The summed E-state index contributed by atoms with van der Waals surface area (Å²) in [7, 11) is 0. The van der Waals surface area contributed by atoms with Crippen LogP contribution in [0.3, 0.4) is 0 Å². The molecular weight excluding hydrogens is 238 g/mol. The highest BCUT2D eigenvalue weighted by Gasteiger charge is 2.16. The largest absolute Gasteiger partial charge is 0.390 e. The Kier molecular flexibility index (Phi) is 8.62. The van der Waals surface area contributed by atoms with Crippen LogP contribution in [0.2, 0.25) is 0 Å². The fourth-order valence-electron chi connectivity index (χ4n) is 2.79. The van der Waals surface area contributed by atoms with E-state index in [1.807, 2.05) is 0 Å². The number of hydrogen-bond donors (Lipinski definition) is 2. The summed E-state index contributed by atoms with van der Waals surface area (Å²) >= 11 is 0. The molecule has 0 aliphatic carbocycles. The maximum Gasteiger partial charge on any atom is 0.0791 e. The van der Waals surface area contributed by atoms with Gasteiger partial charge in [-0.2, -0.15) is 0 Å². The molecule has 1 aliphatic rings. The van der Waals surface area contributed by atoms with Crippen molar-refractivity contribution in [3.63, 3.8) is 0 Å². The van der Waals surface area contributed by atoms with Gasteiger partial charge in [-0.05, 0) is 45.9 Å². The van der Waals surface area contributed by atoms with Crippen LogP contribution < -0.4 is 5.32 Å². The van der Waals surface area contributed by atoms with Gasteiger partial charge in [0.25, 0.3) is 0 Å². The molecule has 1 saturated heterocycles. The highest BCUT2D eigenvalue weighted by Crippen LogP contribution is 2.11. The average Bonchev–Trinajstić information content (AvgIpc) is 2.45. The van der Waals surface area contributed by atoms with Crippen molar-refractivity contribution in [3.05, 3.63) is 0 Å². The maximum absolute atomic E-state index is 9.99. The van der Waals surface area contributed by atoms with E-state index in [0.717, 1.165) is 26.2 Å². The monoisotopic (exact) mass is 271 g/mol. The maximum atomic E-state index is 9.99. The Morgan fingerprint density at radius 2 is 1.74 bits per heavy atom. The van der Waals surface area contributed by atoms with E-state index in [4.69, 9.17) is 0 Å². The van der Waals surface area contributed by atoms with Crippen molar-refractivity contribution in [1.29, 1.82) is 0 Å². The predicted octanol–water partition coefficient (Wildman–Crippen LogP) is 1.15. The van der Waals surface area contributed by atoms with Crippen LogP contribution in [0.25, 0.3) is 0 Å². The Balaban J connectivity index is 2.11. The third-order valence-corrected chi connectivity index (χ3v) is 4.20.